The van der Waals surface area contributed by atoms with E-state index in [2.05, 4.69) is 102 Å². The number of phosphoric ester groups is 3. The second-order valence-corrected chi connectivity index (χ2v) is 22.5. The van der Waals surface area contributed by atoms with Gasteiger partial charge in [-0.25, -0.2) is 28.6 Å². The van der Waals surface area contributed by atoms with Gasteiger partial charge >= 0.3 is 23.5 Å². The van der Waals surface area contributed by atoms with Gasteiger partial charge in [-0.1, -0.05) is 105 Å². The summed E-state index contributed by atoms with van der Waals surface area (Å²) < 4.78 is 62.5. The number of aromatic nitrogens is 4. The van der Waals surface area contributed by atoms with E-state index in [-0.39, 0.29) is 53.8 Å². The van der Waals surface area contributed by atoms with Crippen LogP contribution in [-0.4, -0.2) is 134 Å². The summed E-state index contributed by atoms with van der Waals surface area (Å²) in [6, 6.07) is 0. The lowest BCUT2D eigenvalue weighted by atomic mass is 9.87. The van der Waals surface area contributed by atoms with E-state index in [1.165, 1.54) is 13.8 Å². The van der Waals surface area contributed by atoms with Crippen LogP contribution in [0.2, 0.25) is 0 Å². The summed E-state index contributed by atoms with van der Waals surface area (Å²) in [7, 11) is -16.5. The number of nitrogen functional groups attached to an aromatic ring is 1. The Morgan fingerprint density at radius 3 is 2.03 bits per heavy atom. The van der Waals surface area contributed by atoms with E-state index < -0.39 is 90.7 Å². The molecule has 1 aliphatic heterocycles. The molecule has 0 aliphatic carbocycles. The Bertz CT molecular complexity index is 2430. The van der Waals surface area contributed by atoms with Crippen molar-refractivity contribution < 1.29 is 85.6 Å². The quantitative estimate of drug-likeness (QED) is 0.0249. The van der Waals surface area contributed by atoms with E-state index in [4.69, 9.17) is 19.5 Å². The fourth-order valence-corrected chi connectivity index (χ4v) is 10.1. The average Bonchev–Trinajstić information content (AvgIpc) is 3.89. The lowest BCUT2D eigenvalue weighted by molar-refractivity contribution is -0.137. The minimum absolute atomic E-state index is 0.0242. The number of imidazole rings is 1. The summed E-state index contributed by atoms with van der Waals surface area (Å²) in [6.45, 7) is 2.45. The topological polar surface area (TPSA) is 384 Å². The second-order valence-electron chi connectivity index (χ2n) is 17.1. The van der Waals surface area contributed by atoms with Crippen molar-refractivity contribution in [2.45, 2.75) is 122 Å². The Morgan fingerprint density at radius 1 is 0.851 bits per heavy atom. The first-order valence-corrected chi connectivity index (χ1v) is 29.1. The van der Waals surface area contributed by atoms with E-state index >= 15 is 0 Å². The van der Waals surface area contributed by atoms with Crippen LogP contribution in [0.1, 0.15) is 91.2 Å². The number of anilines is 1. The number of fused-ring (bicyclic) bond motifs is 1. The molecule has 3 heterocycles. The van der Waals surface area contributed by atoms with Crippen molar-refractivity contribution >= 4 is 69.1 Å². The predicted octanol–water partition coefficient (Wildman–Crippen LogP) is 4.89. The molecule has 8 atom stereocenters. The number of carbonyl (C=O) groups is 3. The summed E-state index contributed by atoms with van der Waals surface area (Å²) in [5.74, 6) is -1.28. The molecule has 2 aromatic rings. The Hall–Kier alpha value is -4.04. The lowest BCUT2D eigenvalue weighted by Crippen LogP contribution is -2.46. The third-order valence-corrected chi connectivity index (χ3v) is 14.4. The summed E-state index contributed by atoms with van der Waals surface area (Å²) in [5, 5.41) is 36.6. The van der Waals surface area contributed by atoms with Crippen molar-refractivity contribution in [2.75, 3.05) is 37.8 Å². The van der Waals surface area contributed by atoms with Gasteiger partial charge in [0.15, 0.2) is 22.8 Å². The zero-order valence-electron chi connectivity index (χ0n) is 41.4. The van der Waals surface area contributed by atoms with Crippen LogP contribution in [-0.2, 0) is 50.7 Å². The number of nitrogens with one attached hydrogen (secondary N) is 2. The largest absolute Gasteiger partial charge is 0.481 e. The fraction of sp³-hybridized carbons (Fsp3) is 0.556. The molecule has 3 unspecified atom stereocenters. The van der Waals surface area contributed by atoms with Crippen LogP contribution in [0, 0.1) is 5.41 Å². The highest BCUT2D eigenvalue weighted by atomic mass is 32.2. The number of carbonyl (C=O) groups excluding carboxylic acids is 3. The van der Waals surface area contributed by atoms with Gasteiger partial charge < -0.3 is 56.0 Å². The zero-order chi connectivity index (χ0) is 54.8. The normalized spacial score (nSPS) is 20.4. The molecule has 74 heavy (non-hydrogen) atoms. The first kappa shape index (κ1) is 64.2. The molecule has 2 amide bonds. The lowest BCUT2D eigenvalue weighted by Gasteiger charge is -2.30. The highest BCUT2D eigenvalue weighted by Gasteiger charge is 2.50. The first-order valence-electron chi connectivity index (χ1n) is 23.6. The molecular formula is C45H70N7O18P3S. The highest BCUT2D eigenvalue weighted by Crippen LogP contribution is 2.61. The molecule has 2 aromatic heterocycles. The molecule has 25 nitrogen and oxygen atoms in total. The number of rotatable bonds is 35. The van der Waals surface area contributed by atoms with Gasteiger partial charge in [0.2, 0.25) is 11.8 Å². The van der Waals surface area contributed by atoms with Gasteiger partial charge in [0.1, 0.15) is 36.3 Å². The van der Waals surface area contributed by atoms with Gasteiger partial charge in [0, 0.05) is 37.1 Å². The number of thioether (sulfide) groups is 1. The first-order chi connectivity index (χ1) is 34.9. The van der Waals surface area contributed by atoms with Crippen molar-refractivity contribution in [3.63, 3.8) is 0 Å². The maximum Gasteiger partial charge on any atom is 0.481 e. The number of nitrogens with two attached hydrogens (primary N) is 1. The Labute approximate surface area is 433 Å². The molecule has 0 spiro atoms. The zero-order valence-corrected chi connectivity index (χ0v) is 44.9. The van der Waals surface area contributed by atoms with Crippen molar-refractivity contribution in [1.82, 2.24) is 30.2 Å². The molecule has 1 aliphatic rings. The van der Waals surface area contributed by atoms with E-state index in [0.29, 0.717) is 12.8 Å². The molecule has 0 saturated carbocycles. The van der Waals surface area contributed by atoms with Gasteiger partial charge in [-0.15, -0.1) is 0 Å². The molecule has 11 N–H and O–H groups in total. The Kier molecular flexibility index (Phi) is 28.2. The fourth-order valence-electron chi connectivity index (χ4n) is 6.58. The minimum atomic E-state index is -5.60. The van der Waals surface area contributed by atoms with Gasteiger partial charge in [-0.3, -0.25) is 32.5 Å². The standard InChI is InChI=1S/C45H70N7O18P3S/c1-4-5-6-7-8-9-10-11-12-13-14-15-16-17-18-19-20-21-22-23-33(53)28-36(55)74-27-26-47-35(54)24-25-48-43(58)40(57)45(2,3)30-67-73(64,65)70-72(62,63)66-29-34-39(69-71(59,60)61)38(56)44(68-34)52-32-51-37-41(46)49-31-50-42(37)52/h5-6,8-9,11-12,14-15,17-18,20-21,31-34,38-40,44,53,56-57H,4,7,10,13,16,19,22-30H2,1-3H3,(H,47,54)(H,48,58)(H,62,63)(H,64,65)(H2,46,49,50)(H2,59,60,61)/b6-5-,9-8-,12-11-,15-14-,18-17-,21-20-/t33?,34-,38-,39-,40+,44-/m1/s1. The number of ether oxygens (including phenoxy) is 1. The molecule has 1 saturated heterocycles. The second kappa shape index (κ2) is 32.5. The molecule has 0 aromatic carbocycles. The molecular weight excluding hydrogens is 1050 g/mol. The van der Waals surface area contributed by atoms with Gasteiger partial charge in [-0.05, 0) is 51.4 Å². The van der Waals surface area contributed by atoms with Gasteiger partial charge in [-0.2, -0.15) is 4.31 Å². The van der Waals surface area contributed by atoms with E-state index in [0.717, 1.165) is 67.5 Å². The maximum absolute atomic E-state index is 12.8. The number of allylic oxidation sites excluding steroid dienone is 12. The molecule has 0 bridgehead atoms. The van der Waals surface area contributed by atoms with Crippen molar-refractivity contribution in [2.24, 2.45) is 5.41 Å². The number of phosphoric acid groups is 3. The molecule has 414 valence electrons. The average molecular weight is 1120 g/mol. The molecule has 1 fully saturated rings. The summed E-state index contributed by atoms with van der Waals surface area (Å²) in [6.07, 6.45) is 24.0. The summed E-state index contributed by atoms with van der Waals surface area (Å²) >= 11 is 0.964. The van der Waals surface area contributed by atoms with Crippen molar-refractivity contribution in [1.29, 1.82) is 0 Å². The summed E-state index contributed by atoms with van der Waals surface area (Å²) in [4.78, 5) is 88.5. The Balaban J connectivity index is 1.28. The Morgan fingerprint density at radius 2 is 1.43 bits per heavy atom. The number of hydrogen-bond donors (Lipinski definition) is 10. The number of aliphatic hydroxyl groups is 3. The van der Waals surface area contributed by atoms with Gasteiger partial charge in [0.25, 0.3) is 0 Å². The highest BCUT2D eigenvalue weighted by molar-refractivity contribution is 8.13. The van der Waals surface area contributed by atoms with Gasteiger partial charge in [0.05, 0.1) is 25.6 Å². The van der Waals surface area contributed by atoms with Crippen LogP contribution in [0.3, 0.4) is 0 Å². The molecule has 3 rings (SSSR count). The maximum atomic E-state index is 12.8. The van der Waals surface area contributed by atoms with Crippen LogP contribution >= 0.6 is 35.2 Å². The number of nitrogens with zero attached hydrogens (tertiary/aromatic N) is 4. The van der Waals surface area contributed by atoms with Crippen LogP contribution in [0.25, 0.3) is 11.2 Å². The van der Waals surface area contributed by atoms with Crippen LogP contribution in [0.4, 0.5) is 5.82 Å². The van der Waals surface area contributed by atoms with Crippen molar-refractivity contribution in [3.05, 3.63) is 85.6 Å². The third kappa shape index (κ3) is 24.7. The van der Waals surface area contributed by atoms with Crippen LogP contribution in [0.5, 0.6) is 0 Å². The van der Waals surface area contributed by atoms with E-state index in [9.17, 15) is 63.0 Å². The van der Waals surface area contributed by atoms with Crippen LogP contribution < -0.4 is 16.4 Å². The minimum Gasteiger partial charge on any atom is -0.393 e. The van der Waals surface area contributed by atoms with E-state index in [1.807, 2.05) is 12.2 Å². The summed E-state index contributed by atoms with van der Waals surface area (Å²) in [5.41, 5.74) is 4.24. The van der Waals surface area contributed by atoms with E-state index in [1.54, 1.807) is 0 Å². The number of hydrogen-bond acceptors (Lipinski definition) is 19. The SMILES string of the molecule is CC/C=C\C/C=C\C/C=C\C/C=C\C/C=C\C/C=C\CCC(O)CC(=O)SCCNC(=O)CCNC(=O)[C@H](O)C(C)(C)COP(=O)(O)OP(=O)(O)OC[C@H]1O[C@@H](n2cnc3c(N)ncnc32)[C@H](O)[C@@H]1OP(=O)(O)O. The third-order valence-electron chi connectivity index (χ3n) is 10.4. The van der Waals surface area contributed by atoms with Crippen molar-refractivity contribution in [3.8, 4) is 0 Å². The predicted molar refractivity (Wildman–Crippen MR) is 275 cm³/mol. The number of aliphatic hydroxyl groups excluding tert-OH is 3. The molecule has 0 radical (unpaired) electrons. The molecule has 29 heteroatoms. The smallest absolute Gasteiger partial charge is 0.393 e. The monoisotopic (exact) mass is 1120 g/mol. The van der Waals surface area contributed by atoms with Crippen LogP contribution in [0.15, 0.2) is 85.6 Å². The number of amides is 2.